The van der Waals surface area contributed by atoms with Crippen LogP contribution in [-0.4, -0.2) is 25.0 Å². The molecule has 0 aliphatic heterocycles. The zero-order valence-electron chi connectivity index (χ0n) is 25.3. The molecular formula is C42H27N5. The summed E-state index contributed by atoms with van der Waals surface area (Å²) >= 11 is 0. The van der Waals surface area contributed by atoms with Crippen molar-refractivity contribution in [2.75, 3.05) is 0 Å². The largest absolute Gasteiger partial charge is 0.264 e. The van der Waals surface area contributed by atoms with Crippen LogP contribution in [0.2, 0.25) is 0 Å². The molecule has 3 aromatic heterocycles. The number of aromatic nitrogens is 5. The van der Waals surface area contributed by atoms with E-state index in [4.69, 9.17) is 15.2 Å². The molecule has 0 unspecified atom stereocenters. The number of benzene rings is 6. The zero-order chi connectivity index (χ0) is 31.2. The van der Waals surface area contributed by atoms with Crippen molar-refractivity contribution in [1.82, 2.24) is 25.0 Å². The van der Waals surface area contributed by atoms with E-state index < -0.39 is 0 Å². The Morgan fingerprint density at radius 3 is 1.64 bits per heavy atom. The van der Waals surface area contributed by atoms with E-state index in [9.17, 15) is 0 Å². The highest BCUT2D eigenvalue weighted by Gasteiger charge is 2.17. The second kappa shape index (κ2) is 11.2. The van der Waals surface area contributed by atoms with Crippen LogP contribution in [0.4, 0.5) is 0 Å². The van der Waals surface area contributed by atoms with E-state index in [1.807, 2.05) is 48.7 Å². The summed E-state index contributed by atoms with van der Waals surface area (Å²) in [6.07, 6.45) is 3.60. The molecule has 0 radical (unpaired) electrons. The van der Waals surface area contributed by atoms with Gasteiger partial charge in [-0.15, -0.1) is 10.2 Å². The third kappa shape index (κ3) is 4.73. The Kier molecular flexibility index (Phi) is 6.39. The van der Waals surface area contributed by atoms with Crippen molar-refractivity contribution < 1.29 is 0 Å². The van der Waals surface area contributed by atoms with Gasteiger partial charge in [-0.25, -0.2) is 4.98 Å². The van der Waals surface area contributed by atoms with Gasteiger partial charge in [0.05, 0.1) is 17.1 Å². The summed E-state index contributed by atoms with van der Waals surface area (Å²) in [6, 6.07) is 52.7. The Hall–Kier alpha value is -6.46. The van der Waals surface area contributed by atoms with Crippen molar-refractivity contribution in [1.29, 1.82) is 0 Å². The Morgan fingerprint density at radius 2 is 0.979 bits per heavy atom. The van der Waals surface area contributed by atoms with E-state index in [0.29, 0.717) is 0 Å². The third-order valence-corrected chi connectivity index (χ3v) is 8.76. The molecule has 0 aliphatic rings. The average molecular weight is 602 g/mol. The molecule has 3 heterocycles. The van der Waals surface area contributed by atoms with E-state index in [0.717, 1.165) is 44.8 Å². The summed E-state index contributed by atoms with van der Waals surface area (Å²) in [5.74, 6) is 0. The van der Waals surface area contributed by atoms with Crippen LogP contribution in [0.5, 0.6) is 0 Å². The highest BCUT2D eigenvalue weighted by molar-refractivity contribution is 6.21. The molecule has 0 spiro atoms. The highest BCUT2D eigenvalue weighted by Crippen LogP contribution is 2.43. The molecular weight excluding hydrogens is 574 g/mol. The maximum absolute atomic E-state index is 4.93. The Balaban J connectivity index is 1.11. The summed E-state index contributed by atoms with van der Waals surface area (Å²) in [5, 5.41) is 14.7. The van der Waals surface area contributed by atoms with E-state index in [2.05, 4.69) is 114 Å². The first-order chi connectivity index (χ1) is 23.3. The van der Waals surface area contributed by atoms with Crippen LogP contribution in [0.3, 0.4) is 0 Å². The number of hydrogen-bond acceptors (Lipinski definition) is 4. The maximum Gasteiger partial charge on any atom is 0.114 e. The van der Waals surface area contributed by atoms with E-state index >= 15 is 0 Å². The number of pyridine rings is 2. The van der Waals surface area contributed by atoms with E-state index in [-0.39, 0.29) is 0 Å². The van der Waals surface area contributed by atoms with E-state index in [1.54, 1.807) is 11.0 Å². The highest BCUT2D eigenvalue weighted by atomic mass is 15.5. The molecule has 0 saturated heterocycles. The quantitative estimate of drug-likeness (QED) is 0.184. The zero-order valence-corrected chi connectivity index (χ0v) is 25.3. The third-order valence-electron chi connectivity index (χ3n) is 8.76. The molecule has 5 nitrogen and oxygen atoms in total. The summed E-state index contributed by atoms with van der Waals surface area (Å²) in [6.45, 7) is 0. The van der Waals surface area contributed by atoms with Gasteiger partial charge in [0.15, 0.2) is 0 Å². The fourth-order valence-corrected chi connectivity index (χ4v) is 6.58. The minimum absolute atomic E-state index is 0.845. The lowest BCUT2D eigenvalue weighted by Gasteiger charge is -2.17. The Bertz CT molecular complexity index is 2500. The fourth-order valence-electron chi connectivity index (χ4n) is 6.58. The van der Waals surface area contributed by atoms with Crippen LogP contribution < -0.4 is 0 Å². The molecule has 0 aliphatic carbocycles. The molecule has 0 N–H and O–H groups in total. The van der Waals surface area contributed by atoms with Gasteiger partial charge in [-0.1, -0.05) is 103 Å². The normalized spacial score (nSPS) is 11.4. The van der Waals surface area contributed by atoms with Crippen LogP contribution in [0.1, 0.15) is 0 Å². The molecule has 47 heavy (non-hydrogen) atoms. The van der Waals surface area contributed by atoms with Gasteiger partial charge >= 0.3 is 0 Å². The predicted molar refractivity (Wildman–Crippen MR) is 191 cm³/mol. The molecule has 0 amide bonds. The van der Waals surface area contributed by atoms with Gasteiger partial charge in [-0.3, -0.25) is 4.98 Å². The number of fused-ring (bicyclic) bond motifs is 3. The fraction of sp³-hybridized carbons (Fsp3) is 0. The molecule has 9 aromatic rings. The van der Waals surface area contributed by atoms with Crippen LogP contribution in [-0.2, 0) is 0 Å². The minimum atomic E-state index is 0.845. The van der Waals surface area contributed by atoms with Gasteiger partial charge in [-0.2, -0.15) is 4.80 Å². The molecule has 0 fully saturated rings. The van der Waals surface area contributed by atoms with Crippen LogP contribution in [0.15, 0.2) is 164 Å². The lowest BCUT2D eigenvalue weighted by atomic mass is 9.86. The Morgan fingerprint density at radius 1 is 0.404 bits per heavy atom. The SMILES string of the molecule is c1ccc(-c2c3ccccc3c(-c3ccc4nn(-c5ccc(-c6cccc(-c7cccnc7)n6)cc5)nc4c3)c3ccccc23)cc1. The van der Waals surface area contributed by atoms with Gasteiger partial charge < -0.3 is 0 Å². The smallest absolute Gasteiger partial charge is 0.114 e. The van der Waals surface area contributed by atoms with Crippen LogP contribution in [0, 0.1) is 0 Å². The molecule has 9 rings (SSSR count). The molecule has 6 aromatic carbocycles. The van der Waals surface area contributed by atoms with Crippen LogP contribution >= 0.6 is 0 Å². The average Bonchev–Trinajstić information content (AvgIpc) is 3.58. The number of hydrogen-bond donors (Lipinski definition) is 0. The minimum Gasteiger partial charge on any atom is -0.264 e. The second-order valence-electron chi connectivity index (χ2n) is 11.6. The van der Waals surface area contributed by atoms with Crippen molar-refractivity contribution in [2.24, 2.45) is 0 Å². The molecule has 5 heteroatoms. The van der Waals surface area contributed by atoms with Gasteiger partial charge in [0.2, 0.25) is 0 Å². The van der Waals surface area contributed by atoms with Crippen molar-refractivity contribution in [2.45, 2.75) is 0 Å². The first-order valence-electron chi connectivity index (χ1n) is 15.6. The van der Waals surface area contributed by atoms with Crippen molar-refractivity contribution in [3.63, 3.8) is 0 Å². The van der Waals surface area contributed by atoms with Crippen molar-refractivity contribution in [3.8, 4) is 50.5 Å². The van der Waals surface area contributed by atoms with Gasteiger partial charge in [0.25, 0.3) is 0 Å². The van der Waals surface area contributed by atoms with Crippen LogP contribution in [0.25, 0.3) is 83.0 Å². The van der Waals surface area contributed by atoms with Crippen molar-refractivity contribution >= 4 is 32.6 Å². The molecule has 220 valence electrons. The predicted octanol–water partition coefficient (Wildman–Crippen LogP) is 10.2. The summed E-state index contributed by atoms with van der Waals surface area (Å²) in [5.41, 5.74) is 11.2. The monoisotopic (exact) mass is 601 g/mol. The molecule has 0 saturated carbocycles. The number of rotatable bonds is 5. The van der Waals surface area contributed by atoms with Gasteiger partial charge in [0, 0.05) is 23.5 Å². The summed E-state index contributed by atoms with van der Waals surface area (Å²) in [4.78, 5) is 10.8. The molecule has 0 bridgehead atoms. The number of nitrogens with zero attached hydrogens (tertiary/aromatic N) is 5. The van der Waals surface area contributed by atoms with Gasteiger partial charge in [-0.05, 0) is 92.3 Å². The van der Waals surface area contributed by atoms with E-state index in [1.165, 1.54) is 38.2 Å². The lowest BCUT2D eigenvalue weighted by molar-refractivity contribution is 0.766. The second-order valence-corrected chi connectivity index (χ2v) is 11.6. The standard InChI is InChI=1S/C42H27N5/c1-2-10-29(11-3-1)41-33-13-4-6-15-35(33)42(36-16-7-5-14-34(36)41)30-21-24-39-40(26-30)46-47(45-39)32-22-19-28(20-23-32)37-17-8-18-38(44-37)31-12-9-25-43-27-31/h1-27H. The first kappa shape index (κ1) is 26.9. The first-order valence-corrected chi connectivity index (χ1v) is 15.6. The molecule has 0 atom stereocenters. The maximum atomic E-state index is 4.93. The Labute approximate surface area is 271 Å². The van der Waals surface area contributed by atoms with Crippen molar-refractivity contribution in [3.05, 3.63) is 164 Å². The summed E-state index contributed by atoms with van der Waals surface area (Å²) < 4.78 is 0. The topological polar surface area (TPSA) is 56.5 Å². The summed E-state index contributed by atoms with van der Waals surface area (Å²) in [7, 11) is 0. The lowest BCUT2D eigenvalue weighted by Crippen LogP contribution is -1.98. The van der Waals surface area contributed by atoms with Gasteiger partial charge in [0.1, 0.15) is 11.0 Å².